The number of benzene rings is 4. The molecule has 16 nitrogen and oxygen atoms in total. The first-order valence-corrected chi connectivity index (χ1v) is 28.7. The maximum absolute atomic E-state index is 12.8. The van der Waals surface area contributed by atoms with E-state index >= 15 is 0 Å². The van der Waals surface area contributed by atoms with Gasteiger partial charge in [0.15, 0.2) is 0 Å². The zero-order valence-corrected chi connectivity index (χ0v) is 48.2. The number of likely N-dealkylation sites (N-methyl/N-ethyl adjacent to an activating group) is 2. The van der Waals surface area contributed by atoms with Crippen molar-refractivity contribution < 1.29 is 19.2 Å². The van der Waals surface area contributed by atoms with Crippen LogP contribution in [0.2, 0.25) is 10.0 Å². The van der Waals surface area contributed by atoms with Crippen LogP contribution in [0, 0.1) is 11.8 Å². The zero-order chi connectivity index (χ0) is 57.5. The molecule has 10 rings (SSSR count). The van der Waals surface area contributed by atoms with Crippen molar-refractivity contribution in [2.45, 2.75) is 76.3 Å². The molecule has 0 atom stereocenters. The first kappa shape index (κ1) is 58.6. The van der Waals surface area contributed by atoms with Gasteiger partial charge in [-0.15, -0.1) is 0 Å². The lowest BCUT2D eigenvalue weighted by molar-refractivity contribution is -0.112. The number of nitrogens with one attached hydrogen (secondary N) is 6. The van der Waals surface area contributed by atoms with Gasteiger partial charge in [-0.1, -0.05) is 71.8 Å². The van der Waals surface area contributed by atoms with E-state index in [1.807, 2.05) is 86.8 Å². The Morgan fingerprint density at radius 1 is 0.537 bits per heavy atom. The van der Waals surface area contributed by atoms with E-state index in [-0.39, 0.29) is 35.7 Å². The monoisotopic (exact) mass is 1140 g/mol. The van der Waals surface area contributed by atoms with Crippen LogP contribution in [0.1, 0.15) is 83.7 Å². The number of halogens is 2. The maximum atomic E-state index is 12.8. The van der Waals surface area contributed by atoms with Crippen LogP contribution in [0.25, 0.3) is 44.3 Å². The molecule has 0 bridgehead atoms. The van der Waals surface area contributed by atoms with E-state index in [1.54, 1.807) is 73.1 Å². The minimum atomic E-state index is -0.195. The number of fused-ring (bicyclic) bond motifs is 2. The van der Waals surface area contributed by atoms with Gasteiger partial charge in [-0.2, -0.15) is 0 Å². The van der Waals surface area contributed by atoms with Crippen molar-refractivity contribution in [2.75, 3.05) is 51.9 Å². The van der Waals surface area contributed by atoms with E-state index in [0.29, 0.717) is 57.5 Å². The molecule has 6 N–H and O–H groups in total. The fraction of sp³-hybridized carbons (Fsp3) is 0.312. The molecule has 82 heavy (non-hydrogen) atoms. The molecule has 4 aromatic heterocycles. The highest BCUT2D eigenvalue weighted by atomic mass is 35.5. The Bertz CT molecular complexity index is 3310. The average molecular weight is 1140 g/mol. The lowest BCUT2D eigenvalue weighted by atomic mass is 9.84. The van der Waals surface area contributed by atoms with E-state index in [0.717, 1.165) is 120 Å². The highest BCUT2D eigenvalue weighted by molar-refractivity contribution is 6.33. The Labute approximate surface area is 488 Å². The molecular weight excluding hydrogens is 1070 g/mol. The summed E-state index contributed by atoms with van der Waals surface area (Å²) >= 11 is 13.0. The standard InChI is InChI=1S/2C32H35ClN6O2/c2*1-39(2)17-5-8-30(40)36-23-15-11-22(12-16-23)32(41)37-24-13-9-21(10-14-24)18-29-35-20-27(33)31(38-29)26-19-34-28-7-4-3-6-25(26)28/h2*3-8,11-12,15-16,19-21,24,34H,9-10,13-14,17-18H2,1-2H3,(H,36,40)(H,37,41)/b2*8-5+. The summed E-state index contributed by atoms with van der Waals surface area (Å²) in [4.78, 5) is 79.0. The van der Waals surface area contributed by atoms with Crippen LogP contribution in [0.3, 0.4) is 0 Å². The predicted molar refractivity (Wildman–Crippen MR) is 328 cm³/mol. The Hall–Kier alpha value is -8.02. The molecule has 2 aliphatic rings. The van der Waals surface area contributed by atoms with Gasteiger partial charge in [0.05, 0.1) is 21.4 Å². The molecule has 8 aromatic rings. The summed E-state index contributed by atoms with van der Waals surface area (Å²) < 4.78 is 0. The van der Waals surface area contributed by atoms with E-state index in [9.17, 15) is 19.2 Å². The lowest BCUT2D eigenvalue weighted by Crippen LogP contribution is -2.38. The lowest BCUT2D eigenvalue weighted by Gasteiger charge is -2.29. The smallest absolute Gasteiger partial charge is 0.251 e. The number of nitrogens with zero attached hydrogens (tertiary/aromatic N) is 6. The van der Waals surface area contributed by atoms with Crippen molar-refractivity contribution in [1.82, 2.24) is 50.3 Å². The number of hydrogen-bond acceptors (Lipinski definition) is 10. The third-order valence-corrected chi connectivity index (χ3v) is 15.4. The Balaban J connectivity index is 0.000000198. The van der Waals surface area contributed by atoms with Gasteiger partial charge in [0.1, 0.15) is 11.6 Å². The molecule has 0 aliphatic heterocycles. The largest absolute Gasteiger partial charge is 0.360 e. The van der Waals surface area contributed by atoms with E-state index in [1.165, 1.54) is 12.2 Å². The number of H-pyrrole nitrogens is 2. The van der Waals surface area contributed by atoms with Gasteiger partial charge in [-0.05, 0) is 152 Å². The van der Waals surface area contributed by atoms with E-state index < -0.39 is 0 Å². The summed E-state index contributed by atoms with van der Waals surface area (Å²) in [5.41, 5.74) is 8.01. The minimum Gasteiger partial charge on any atom is -0.360 e. The number of hydrogen-bond donors (Lipinski definition) is 6. The fourth-order valence-corrected chi connectivity index (χ4v) is 10.9. The summed E-state index contributed by atoms with van der Waals surface area (Å²) in [5.74, 6) is 1.91. The van der Waals surface area contributed by atoms with Crippen LogP contribution >= 0.6 is 23.2 Å². The molecule has 4 amide bonds. The molecule has 0 unspecified atom stereocenters. The molecule has 2 saturated carbocycles. The van der Waals surface area contributed by atoms with Gasteiger partial charge >= 0.3 is 0 Å². The number of anilines is 2. The van der Waals surface area contributed by atoms with Gasteiger partial charge in [0.25, 0.3) is 11.8 Å². The Morgan fingerprint density at radius 2 is 0.915 bits per heavy atom. The zero-order valence-electron chi connectivity index (χ0n) is 46.7. The van der Waals surface area contributed by atoms with Crippen LogP contribution in [0.4, 0.5) is 11.4 Å². The molecule has 2 aliphatic carbocycles. The van der Waals surface area contributed by atoms with Crippen molar-refractivity contribution in [3.05, 3.63) is 179 Å². The molecule has 2 fully saturated rings. The number of rotatable bonds is 18. The molecule has 0 saturated heterocycles. The Morgan fingerprint density at radius 3 is 1.29 bits per heavy atom. The van der Waals surface area contributed by atoms with Gasteiger partial charge < -0.3 is 41.0 Å². The summed E-state index contributed by atoms with van der Waals surface area (Å²) in [5, 5.41) is 15.2. The third kappa shape index (κ3) is 16.1. The van der Waals surface area contributed by atoms with E-state index in [4.69, 9.17) is 33.2 Å². The van der Waals surface area contributed by atoms with Crippen LogP contribution in [-0.4, -0.2) is 117 Å². The number of aromatic amines is 2. The molecule has 4 heterocycles. The van der Waals surface area contributed by atoms with Crippen molar-refractivity contribution in [2.24, 2.45) is 11.8 Å². The van der Waals surface area contributed by atoms with Crippen LogP contribution < -0.4 is 21.3 Å². The number of carbonyl (C=O) groups is 4. The predicted octanol–water partition coefficient (Wildman–Crippen LogP) is 11.7. The third-order valence-electron chi connectivity index (χ3n) is 14.9. The molecule has 424 valence electrons. The van der Waals surface area contributed by atoms with Crippen molar-refractivity contribution in [1.29, 1.82) is 0 Å². The second kappa shape index (κ2) is 28.1. The molecule has 18 heteroatoms. The molecule has 0 radical (unpaired) electrons. The van der Waals surface area contributed by atoms with Gasteiger partial charge in [0.2, 0.25) is 11.8 Å². The number of carbonyl (C=O) groups excluding carboxylic acids is 4. The van der Waals surface area contributed by atoms with Crippen molar-refractivity contribution >= 4 is 80.0 Å². The SMILES string of the molecule is CN(C)C/C=C/C(=O)Nc1ccc(C(=O)NC2CCC(Cc3ncc(Cl)c(-c4c[nH]c5ccccc45)n3)CC2)cc1.CN(C)C/C=C/C(=O)Nc1ccc(C(=O)NC2CCC(Cc3ncc(Cl)c(-c4c[nH]c5ccccc45)n3)CC2)cc1. The molecule has 0 spiro atoms. The quantitative estimate of drug-likeness (QED) is 0.0448. The first-order valence-electron chi connectivity index (χ1n) is 27.9. The van der Waals surface area contributed by atoms with Crippen LogP contribution in [-0.2, 0) is 22.4 Å². The van der Waals surface area contributed by atoms with Crippen LogP contribution in [0.15, 0.2) is 146 Å². The van der Waals surface area contributed by atoms with Crippen LogP contribution in [0.5, 0.6) is 0 Å². The summed E-state index contributed by atoms with van der Waals surface area (Å²) in [7, 11) is 7.76. The van der Waals surface area contributed by atoms with Gasteiger partial charge in [-0.25, -0.2) is 19.9 Å². The first-order chi connectivity index (χ1) is 39.7. The number of para-hydroxylation sites is 2. The Kier molecular flexibility index (Phi) is 20.1. The van der Waals surface area contributed by atoms with Gasteiger partial charge in [0, 0.05) is 130 Å². The second-order valence-electron chi connectivity index (χ2n) is 21.7. The highest BCUT2D eigenvalue weighted by Gasteiger charge is 2.26. The van der Waals surface area contributed by atoms with Gasteiger partial charge in [-0.3, -0.25) is 19.2 Å². The second-order valence-corrected chi connectivity index (χ2v) is 22.5. The number of amides is 4. The summed E-state index contributed by atoms with van der Waals surface area (Å²) in [6, 6.07) is 30.4. The number of aromatic nitrogens is 6. The average Bonchev–Trinajstić information content (AvgIpc) is 4.34. The molecular formula is C64H70Cl2N12O4. The van der Waals surface area contributed by atoms with E-state index in [2.05, 4.69) is 53.3 Å². The topological polar surface area (TPSA) is 206 Å². The highest BCUT2D eigenvalue weighted by Crippen LogP contribution is 2.35. The summed E-state index contributed by atoms with van der Waals surface area (Å²) in [6.07, 6.45) is 23.1. The fourth-order valence-electron chi connectivity index (χ4n) is 10.5. The maximum Gasteiger partial charge on any atom is 0.251 e. The normalized spacial score (nSPS) is 17.3. The van der Waals surface area contributed by atoms with Crippen molar-refractivity contribution in [3.8, 4) is 22.5 Å². The molecule has 4 aromatic carbocycles. The summed E-state index contributed by atoms with van der Waals surface area (Å²) in [6.45, 7) is 1.38. The van der Waals surface area contributed by atoms with Crippen molar-refractivity contribution in [3.63, 3.8) is 0 Å². The minimum absolute atomic E-state index is 0.0957.